The number of carbonyl (C=O) groups is 1. The first-order valence-corrected chi connectivity index (χ1v) is 7.13. The number of halogens is 1. The molecule has 1 N–H and O–H groups in total. The highest BCUT2D eigenvalue weighted by molar-refractivity contribution is 5.98. The SMILES string of the molecule is CC1(CNC(=O)c2cc(F)ccc2[N+](=O)[O-])CCCCC1. The second kappa shape index (κ2) is 6.20. The summed E-state index contributed by atoms with van der Waals surface area (Å²) >= 11 is 0. The Morgan fingerprint density at radius 3 is 2.67 bits per heavy atom. The molecule has 1 aliphatic carbocycles. The maximum Gasteiger partial charge on any atom is 0.282 e. The molecule has 21 heavy (non-hydrogen) atoms. The predicted molar refractivity (Wildman–Crippen MR) is 76.6 cm³/mol. The van der Waals surface area contributed by atoms with Crippen LogP contribution in [0.4, 0.5) is 10.1 Å². The summed E-state index contributed by atoms with van der Waals surface area (Å²) in [6.07, 6.45) is 5.52. The van der Waals surface area contributed by atoms with Gasteiger partial charge in [-0.2, -0.15) is 0 Å². The molecule has 0 radical (unpaired) electrons. The maximum absolute atomic E-state index is 13.2. The Morgan fingerprint density at radius 2 is 2.05 bits per heavy atom. The molecule has 6 heteroatoms. The molecule has 1 aromatic carbocycles. The maximum atomic E-state index is 13.2. The summed E-state index contributed by atoms with van der Waals surface area (Å²) in [7, 11) is 0. The predicted octanol–water partition coefficient (Wildman–Crippen LogP) is 3.43. The average molecular weight is 294 g/mol. The van der Waals surface area contributed by atoms with Gasteiger partial charge in [-0.1, -0.05) is 26.2 Å². The third kappa shape index (κ3) is 3.77. The van der Waals surface area contributed by atoms with Gasteiger partial charge in [0.15, 0.2) is 0 Å². The Bertz CT molecular complexity index is 554. The summed E-state index contributed by atoms with van der Waals surface area (Å²) in [6, 6.07) is 2.92. The summed E-state index contributed by atoms with van der Waals surface area (Å²) in [5.74, 6) is -1.25. The van der Waals surface area contributed by atoms with Gasteiger partial charge in [0.05, 0.1) is 4.92 Å². The van der Waals surface area contributed by atoms with Gasteiger partial charge in [0, 0.05) is 12.6 Å². The number of nitrogens with one attached hydrogen (secondary N) is 1. The highest BCUT2D eigenvalue weighted by atomic mass is 19.1. The van der Waals surface area contributed by atoms with Gasteiger partial charge in [-0.15, -0.1) is 0 Å². The summed E-state index contributed by atoms with van der Waals surface area (Å²) < 4.78 is 13.2. The van der Waals surface area contributed by atoms with E-state index in [0.717, 1.165) is 43.9 Å². The Balaban J connectivity index is 2.09. The molecule has 1 aromatic rings. The smallest absolute Gasteiger partial charge is 0.282 e. The van der Waals surface area contributed by atoms with Gasteiger partial charge in [-0.05, 0) is 30.4 Å². The van der Waals surface area contributed by atoms with E-state index in [4.69, 9.17) is 0 Å². The Labute approximate surface area is 122 Å². The third-order valence-corrected chi connectivity index (χ3v) is 4.14. The van der Waals surface area contributed by atoms with Gasteiger partial charge in [0.2, 0.25) is 0 Å². The van der Waals surface area contributed by atoms with E-state index < -0.39 is 16.6 Å². The first kappa shape index (κ1) is 15.4. The van der Waals surface area contributed by atoms with Crippen molar-refractivity contribution < 1.29 is 14.1 Å². The van der Waals surface area contributed by atoms with Crippen LogP contribution in [0, 0.1) is 21.3 Å². The molecule has 0 atom stereocenters. The van der Waals surface area contributed by atoms with Gasteiger partial charge < -0.3 is 5.32 Å². The molecular weight excluding hydrogens is 275 g/mol. The van der Waals surface area contributed by atoms with Crippen LogP contribution < -0.4 is 5.32 Å². The molecule has 1 saturated carbocycles. The molecule has 2 rings (SSSR count). The summed E-state index contributed by atoms with van der Waals surface area (Å²) in [5.41, 5.74) is -0.571. The minimum absolute atomic E-state index is 0.0238. The first-order chi connectivity index (χ1) is 9.91. The second-order valence-corrected chi connectivity index (χ2v) is 5.97. The van der Waals surface area contributed by atoms with Crippen LogP contribution in [0.25, 0.3) is 0 Å². The number of nitro benzene ring substituents is 1. The van der Waals surface area contributed by atoms with Crippen molar-refractivity contribution in [3.05, 3.63) is 39.7 Å². The molecule has 114 valence electrons. The van der Waals surface area contributed by atoms with Crippen LogP contribution in [0.15, 0.2) is 18.2 Å². The van der Waals surface area contributed by atoms with E-state index in [-0.39, 0.29) is 16.7 Å². The third-order valence-electron chi connectivity index (χ3n) is 4.14. The van der Waals surface area contributed by atoms with Crippen molar-refractivity contribution >= 4 is 11.6 Å². The Kier molecular flexibility index (Phi) is 4.55. The zero-order chi connectivity index (χ0) is 15.5. The number of amides is 1. The summed E-state index contributed by atoms with van der Waals surface area (Å²) in [6.45, 7) is 2.56. The monoisotopic (exact) mass is 294 g/mol. The lowest BCUT2D eigenvalue weighted by Gasteiger charge is -2.33. The van der Waals surface area contributed by atoms with Crippen LogP contribution in [-0.2, 0) is 0 Å². The first-order valence-electron chi connectivity index (χ1n) is 7.13. The fourth-order valence-corrected chi connectivity index (χ4v) is 2.82. The van der Waals surface area contributed by atoms with Crippen LogP contribution >= 0.6 is 0 Å². The molecule has 0 saturated heterocycles. The van der Waals surface area contributed by atoms with E-state index in [9.17, 15) is 19.3 Å². The van der Waals surface area contributed by atoms with Crippen molar-refractivity contribution in [2.75, 3.05) is 6.54 Å². The highest BCUT2D eigenvalue weighted by Crippen LogP contribution is 2.35. The molecular formula is C15H19FN2O3. The molecule has 0 spiro atoms. The number of hydrogen-bond acceptors (Lipinski definition) is 3. The van der Waals surface area contributed by atoms with E-state index in [1.807, 2.05) is 0 Å². The van der Waals surface area contributed by atoms with Crippen LogP contribution in [0.3, 0.4) is 0 Å². The lowest BCUT2D eigenvalue weighted by molar-refractivity contribution is -0.385. The molecule has 1 amide bonds. The van der Waals surface area contributed by atoms with Crippen molar-refractivity contribution in [2.45, 2.75) is 39.0 Å². The lowest BCUT2D eigenvalue weighted by atomic mass is 9.76. The summed E-state index contributed by atoms with van der Waals surface area (Å²) in [5, 5.41) is 13.6. The molecule has 0 bridgehead atoms. The second-order valence-electron chi connectivity index (χ2n) is 5.97. The minimum atomic E-state index is -0.670. The largest absolute Gasteiger partial charge is 0.351 e. The van der Waals surface area contributed by atoms with Crippen molar-refractivity contribution in [1.82, 2.24) is 5.32 Å². The molecule has 1 fully saturated rings. The minimum Gasteiger partial charge on any atom is -0.351 e. The number of nitrogens with zero attached hydrogens (tertiary/aromatic N) is 1. The Hall–Kier alpha value is -1.98. The highest BCUT2D eigenvalue weighted by Gasteiger charge is 2.28. The number of carbonyl (C=O) groups excluding carboxylic acids is 1. The van der Waals surface area contributed by atoms with Gasteiger partial charge in [0.25, 0.3) is 11.6 Å². The van der Waals surface area contributed by atoms with Crippen LogP contribution in [0.1, 0.15) is 49.4 Å². The fourth-order valence-electron chi connectivity index (χ4n) is 2.82. The average Bonchev–Trinajstić information content (AvgIpc) is 2.45. The van der Waals surface area contributed by atoms with Crippen LogP contribution in [0.2, 0.25) is 0 Å². The molecule has 0 unspecified atom stereocenters. The van der Waals surface area contributed by atoms with E-state index >= 15 is 0 Å². The lowest BCUT2D eigenvalue weighted by Crippen LogP contribution is -2.37. The number of benzene rings is 1. The number of rotatable bonds is 4. The van der Waals surface area contributed by atoms with Gasteiger partial charge in [0.1, 0.15) is 11.4 Å². The fraction of sp³-hybridized carbons (Fsp3) is 0.533. The van der Waals surface area contributed by atoms with E-state index in [0.29, 0.717) is 6.54 Å². The van der Waals surface area contributed by atoms with Crippen molar-refractivity contribution in [3.63, 3.8) is 0 Å². The van der Waals surface area contributed by atoms with E-state index in [2.05, 4.69) is 12.2 Å². The van der Waals surface area contributed by atoms with E-state index in [1.165, 1.54) is 6.42 Å². The normalized spacial score (nSPS) is 17.2. The number of hydrogen-bond donors (Lipinski definition) is 1. The van der Waals surface area contributed by atoms with Crippen LogP contribution in [0.5, 0.6) is 0 Å². The molecule has 0 aromatic heterocycles. The topological polar surface area (TPSA) is 72.2 Å². The van der Waals surface area contributed by atoms with Crippen molar-refractivity contribution in [1.29, 1.82) is 0 Å². The zero-order valence-corrected chi connectivity index (χ0v) is 12.0. The van der Waals surface area contributed by atoms with Crippen molar-refractivity contribution in [3.8, 4) is 0 Å². The van der Waals surface area contributed by atoms with Gasteiger partial charge in [-0.25, -0.2) is 4.39 Å². The van der Waals surface area contributed by atoms with Gasteiger partial charge >= 0.3 is 0 Å². The Morgan fingerprint density at radius 1 is 1.38 bits per heavy atom. The zero-order valence-electron chi connectivity index (χ0n) is 12.0. The van der Waals surface area contributed by atoms with Gasteiger partial charge in [-0.3, -0.25) is 14.9 Å². The number of nitro groups is 1. The standard InChI is InChI=1S/C15H19FN2O3/c1-15(7-3-2-4-8-15)10-17-14(19)12-9-11(16)5-6-13(12)18(20)21/h5-6,9H,2-4,7-8,10H2,1H3,(H,17,19). The molecule has 0 heterocycles. The quantitative estimate of drug-likeness (QED) is 0.683. The van der Waals surface area contributed by atoms with E-state index in [1.54, 1.807) is 0 Å². The summed E-state index contributed by atoms with van der Waals surface area (Å²) in [4.78, 5) is 22.4. The molecule has 0 aliphatic heterocycles. The van der Waals surface area contributed by atoms with Crippen LogP contribution in [-0.4, -0.2) is 17.4 Å². The molecule has 5 nitrogen and oxygen atoms in total. The van der Waals surface area contributed by atoms with Crippen molar-refractivity contribution in [2.24, 2.45) is 5.41 Å². The molecule has 1 aliphatic rings.